The smallest absolute Gasteiger partial charge is 0.302 e. The van der Waals surface area contributed by atoms with Gasteiger partial charge in [-0.3, -0.25) is 19.3 Å². The Morgan fingerprint density at radius 1 is 1.03 bits per heavy atom. The first-order chi connectivity index (χ1) is 14.2. The van der Waals surface area contributed by atoms with Gasteiger partial charge in [-0.15, -0.1) is 0 Å². The van der Waals surface area contributed by atoms with E-state index in [1.54, 1.807) is 6.92 Å². The number of fused-ring (bicyclic) bond motifs is 5. The van der Waals surface area contributed by atoms with Gasteiger partial charge in [0, 0.05) is 43.8 Å². The van der Waals surface area contributed by atoms with Crippen molar-refractivity contribution < 1.29 is 19.1 Å². The molecular formula is C25H37NO4. The summed E-state index contributed by atoms with van der Waals surface area (Å²) in [4.78, 5) is 40.4. The van der Waals surface area contributed by atoms with Crippen LogP contribution in [0.5, 0.6) is 0 Å². The SMILES string of the molecule is CC(=O)O[C@H]1CC[C@@]2(C)[C@@H](CC[C@@H]3[C@@H]2CC(=O)[C@@]2(C)[C@H]3C[C@@H](N3CC3)[C@@H]2C(C)=O)C1. The van der Waals surface area contributed by atoms with Gasteiger partial charge in [-0.05, 0) is 74.5 Å². The predicted octanol–water partition coefficient (Wildman–Crippen LogP) is 3.64. The van der Waals surface area contributed by atoms with Gasteiger partial charge in [-0.2, -0.15) is 0 Å². The highest BCUT2D eigenvalue weighted by atomic mass is 16.5. The van der Waals surface area contributed by atoms with Crippen LogP contribution >= 0.6 is 0 Å². The summed E-state index contributed by atoms with van der Waals surface area (Å²) in [5.41, 5.74) is -0.321. The highest BCUT2D eigenvalue weighted by Gasteiger charge is 2.67. The lowest BCUT2D eigenvalue weighted by Gasteiger charge is -2.60. The zero-order chi connectivity index (χ0) is 21.4. The van der Waals surface area contributed by atoms with E-state index < -0.39 is 5.41 Å². The van der Waals surface area contributed by atoms with Crippen LogP contribution in [0.1, 0.15) is 72.6 Å². The Morgan fingerprint density at radius 3 is 2.40 bits per heavy atom. The van der Waals surface area contributed by atoms with E-state index in [0.29, 0.717) is 35.9 Å². The Balaban J connectivity index is 1.43. The summed E-state index contributed by atoms with van der Waals surface area (Å²) in [7, 11) is 0. The van der Waals surface area contributed by atoms with Crippen molar-refractivity contribution in [3.8, 4) is 0 Å². The maximum absolute atomic E-state index is 13.7. The zero-order valence-electron chi connectivity index (χ0n) is 19.0. The van der Waals surface area contributed by atoms with Gasteiger partial charge < -0.3 is 4.74 Å². The van der Waals surface area contributed by atoms with Crippen LogP contribution in [0.25, 0.3) is 0 Å². The Bertz CT molecular complexity index is 775. The number of rotatable bonds is 3. The second kappa shape index (κ2) is 6.88. The van der Waals surface area contributed by atoms with Gasteiger partial charge in [0.05, 0.1) is 0 Å². The van der Waals surface area contributed by atoms with Crippen molar-refractivity contribution in [3.05, 3.63) is 0 Å². The van der Waals surface area contributed by atoms with Crippen LogP contribution in [0.3, 0.4) is 0 Å². The molecule has 4 saturated carbocycles. The number of hydrogen-bond donors (Lipinski definition) is 0. The molecule has 5 aliphatic rings. The number of Topliss-reactive ketones (excluding diaryl/α,β-unsaturated/α-hetero) is 2. The van der Waals surface area contributed by atoms with Crippen LogP contribution in [0.15, 0.2) is 0 Å². The Kier molecular flexibility index (Phi) is 4.74. The van der Waals surface area contributed by atoms with E-state index in [1.165, 1.54) is 6.92 Å². The summed E-state index contributed by atoms with van der Waals surface area (Å²) in [6.45, 7) is 9.92. The lowest BCUT2D eigenvalue weighted by Crippen LogP contribution is -2.58. The molecule has 1 saturated heterocycles. The molecule has 4 aliphatic carbocycles. The van der Waals surface area contributed by atoms with E-state index in [2.05, 4.69) is 18.7 Å². The largest absolute Gasteiger partial charge is 0.463 e. The molecule has 5 nitrogen and oxygen atoms in total. The molecule has 0 bridgehead atoms. The van der Waals surface area contributed by atoms with Gasteiger partial charge in [0.25, 0.3) is 0 Å². The molecule has 30 heavy (non-hydrogen) atoms. The molecule has 0 unspecified atom stereocenters. The first-order valence-electron chi connectivity index (χ1n) is 12.1. The Morgan fingerprint density at radius 2 is 1.77 bits per heavy atom. The number of esters is 1. The number of ketones is 2. The average Bonchev–Trinajstić information content (AvgIpc) is 3.45. The van der Waals surface area contributed by atoms with Gasteiger partial charge >= 0.3 is 5.97 Å². The average molecular weight is 416 g/mol. The fourth-order valence-electron chi connectivity index (χ4n) is 8.74. The van der Waals surface area contributed by atoms with E-state index in [-0.39, 0.29) is 35.2 Å². The maximum atomic E-state index is 13.7. The van der Waals surface area contributed by atoms with Gasteiger partial charge in [0.2, 0.25) is 0 Å². The van der Waals surface area contributed by atoms with Crippen molar-refractivity contribution in [2.24, 2.45) is 40.4 Å². The number of ether oxygens (including phenoxy) is 1. The molecule has 5 rings (SSSR count). The number of carbonyl (C=O) groups is 3. The third-order valence-corrected chi connectivity index (χ3v) is 10.2. The fraction of sp³-hybridized carbons (Fsp3) is 0.880. The van der Waals surface area contributed by atoms with Crippen LogP contribution in [-0.2, 0) is 19.1 Å². The van der Waals surface area contributed by atoms with Crippen LogP contribution in [0.4, 0.5) is 0 Å². The molecule has 166 valence electrons. The minimum atomic E-state index is -0.474. The molecule has 0 aromatic carbocycles. The second-order valence-electron chi connectivity index (χ2n) is 11.5. The maximum Gasteiger partial charge on any atom is 0.302 e. The molecule has 0 amide bonds. The standard InChI is InChI=1S/C25H37NO4/c1-14(27)23-21(26-9-10-26)12-20-18-6-5-16-11-17(30-15(2)28)7-8-24(16,3)19(18)13-22(29)25(20,23)4/h16-21,23H,5-13H2,1-4H3/t16-,17-,18+,19-,20-,21+,23-,24-,25+/m0/s1. The molecule has 0 radical (unpaired) electrons. The molecule has 5 fully saturated rings. The second-order valence-corrected chi connectivity index (χ2v) is 11.5. The van der Waals surface area contributed by atoms with Crippen molar-refractivity contribution in [1.82, 2.24) is 4.90 Å². The highest BCUT2D eigenvalue weighted by molar-refractivity contribution is 5.94. The summed E-state index contributed by atoms with van der Waals surface area (Å²) >= 11 is 0. The van der Waals surface area contributed by atoms with Gasteiger partial charge in [-0.1, -0.05) is 13.8 Å². The van der Waals surface area contributed by atoms with Crippen molar-refractivity contribution in [2.45, 2.75) is 84.8 Å². The number of nitrogens with zero attached hydrogens (tertiary/aromatic N) is 1. The monoisotopic (exact) mass is 415 g/mol. The first kappa shape index (κ1) is 20.7. The normalized spacial score (nSPS) is 50.3. The van der Waals surface area contributed by atoms with E-state index in [9.17, 15) is 14.4 Å². The van der Waals surface area contributed by atoms with E-state index in [1.807, 2.05) is 0 Å². The lowest BCUT2D eigenvalue weighted by atomic mass is 9.44. The van der Waals surface area contributed by atoms with E-state index in [4.69, 9.17) is 4.74 Å². The number of hydrogen-bond acceptors (Lipinski definition) is 5. The highest BCUT2D eigenvalue weighted by Crippen LogP contribution is 2.67. The van der Waals surface area contributed by atoms with Gasteiger partial charge in [0.15, 0.2) is 0 Å². The first-order valence-corrected chi connectivity index (χ1v) is 12.1. The molecule has 0 N–H and O–H groups in total. The fourth-order valence-corrected chi connectivity index (χ4v) is 8.74. The topological polar surface area (TPSA) is 63.5 Å². The van der Waals surface area contributed by atoms with Gasteiger partial charge in [-0.25, -0.2) is 0 Å². The summed E-state index contributed by atoms with van der Waals surface area (Å²) in [5.74, 6) is 2.10. The Labute approximate surface area is 180 Å². The van der Waals surface area contributed by atoms with Crippen molar-refractivity contribution >= 4 is 17.5 Å². The third-order valence-electron chi connectivity index (χ3n) is 10.2. The van der Waals surface area contributed by atoms with Crippen LogP contribution < -0.4 is 0 Å². The minimum Gasteiger partial charge on any atom is -0.463 e. The zero-order valence-corrected chi connectivity index (χ0v) is 19.0. The summed E-state index contributed by atoms with van der Waals surface area (Å²) in [5, 5.41) is 0. The quantitative estimate of drug-likeness (QED) is 0.520. The van der Waals surface area contributed by atoms with Crippen LogP contribution in [0, 0.1) is 40.4 Å². The van der Waals surface area contributed by atoms with Crippen LogP contribution in [0.2, 0.25) is 0 Å². The Hall–Kier alpha value is -1.23. The number of carbonyl (C=O) groups excluding carboxylic acids is 3. The molecule has 5 heteroatoms. The summed E-state index contributed by atoms with van der Waals surface area (Å²) < 4.78 is 5.57. The molecule has 1 heterocycles. The van der Waals surface area contributed by atoms with E-state index in [0.717, 1.165) is 51.6 Å². The summed E-state index contributed by atoms with van der Waals surface area (Å²) in [6, 6.07) is 0.269. The third kappa shape index (κ3) is 2.87. The van der Waals surface area contributed by atoms with Crippen molar-refractivity contribution in [3.63, 3.8) is 0 Å². The predicted molar refractivity (Wildman–Crippen MR) is 113 cm³/mol. The molecular weight excluding hydrogens is 378 g/mol. The van der Waals surface area contributed by atoms with Gasteiger partial charge in [0.1, 0.15) is 17.7 Å². The van der Waals surface area contributed by atoms with Crippen LogP contribution in [-0.4, -0.2) is 47.7 Å². The summed E-state index contributed by atoms with van der Waals surface area (Å²) in [6.07, 6.45) is 6.92. The molecule has 9 atom stereocenters. The molecule has 0 aromatic heterocycles. The van der Waals surface area contributed by atoms with E-state index >= 15 is 0 Å². The van der Waals surface area contributed by atoms with Crippen molar-refractivity contribution in [1.29, 1.82) is 0 Å². The van der Waals surface area contributed by atoms with Crippen molar-refractivity contribution in [2.75, 3.05) is 13.1 Å². The lowest BCUT2D eigenvalue weighted by molar-refractivity contribution is -0.167. The molecule has 0 spiro atoms. The molecule has 1 aliphatic heterocycles. The molecule has 0 aromatic rings. The minimum absolute atomic E-state index is 0.0438.